The second-order valence-electron chi connectivity index (χ2n) is 2.24. The van der Waals surface area contributed by atoms with Crippen molar-refractivity contribution >= 4 is 17.2 Å². The van der Waals surface area contributed by atoms with Gasteiger partial charge < -0.3 is 10.4 Å². The summed E-state index contributed by atoms with van der Waals surface area (Å²) < 4.78 is 0. The molecule has 0 radical (unpaired) electrons. The van der Waals surface area contributed by atoms with Crippen LogP contribution in [-0.2, 0) is 0 Å². The molecule has 48 valence electrons. The van der Waals surface area contributed by atoms with Crippen LogP contribution in [0.3, 0.4) is 0 Å². The summed E-state index contributed by atoms with van der Waals surface area (Å²) in [6, 6.07) is 0. The highest BCUT2D eigenvalue weighted by molar-refractivity contribution is 7.80. The van der Waals surface area contributed by atoms with Crippen molar-refractivity contribution in [1.82, 2.24) is 5.32 Å². The fraction of sp³-hybridized carbons (Fsp3) is 0.800. The van der Waals surface area contributed by atoms with Gasteiger partial charge in [0.15, 0.2) is 0 Å². The predicted octanol–water partition coefficient (Wildman–Crippen LogP) is 0.652. The van der Waals surface area contributed by atoms with Crippen molar-refractivity contribution in [2.75, 3.05) is 0 Å². The minimum atomic E-state index is -0.869. The minimum absolute atomic E-state index is 0.609. The van der Waals surface area contributed by atoms with Crippen LogP contribution >= 0.6 is 12.2 Å². The van der Waals surface area contributed by atoms with Crippen molar-refractivity contribution in [2.24, 2.45) is 0 Å². The summed E-state index contributed by atoms with van der Waals surface area (Å²) in [7, 11) is 0. The molecular formula is C5H11NOS. The Hall–Kier alpha value is -0.150. The molecule has 2 N–H and O–H groups in total. The highest BCUT2D eigenvalue weighted by atomic mass is 32.1. The summed E-state index contributed by atoms with van der Waals surface area (Å²) in [6.07, 6.45) is 0. The van der Waals surface area contributed by atoms with Crippen molar-refractivity contribution < 1.29 is 5.11 Å². The van der Waals surface area contributed by atoms with Crippen LogP contribution in [0.2, 0.25) is 0 Å². The number of hydrogen-bond acceptors (Lipinski definition) is 2. The first-order valence-corrected chi connectivity index (χ1v) is 2.84. The zero-order valence-corrected chi connectivity index (χ0v) is 6.17. The third-order valence-electron chi connectivity index (χ3n) is 0.482. The standard InChI is InChI=1S/C5H11NOS/c1-4(8)6-5(2,3)7/h7H,1-3H3,(H,6,8). The third-order valence-corrected chi connectivity index (χ3v) is 0.584. The molecule has 0 amide bonds. The van der Waals surface area contributed by atoms with E-state index in [9.17, 15) is 0 Å². The summed E-state index contributed by atoms with van der Waals surface area (Å²) in [4.78, 5) is 0.609. The third kappa shape index (κ3) is 5.85. The van der Waals surface area contributed by atoms with E-state index >= 15 is 0 Å². The molecule has 0 rings (SSSR count). The van der Waals surface area contributed by atoms with Crippen LogP contribution in [0.15, 0.2) is 0 Å². The molecule has 0 aromatic heterocycles. The number of rotatable bonds is 1. The molecule has 8 heavy (non-hydrogen) atoms. The molecule has 3 heteroatoms. The Morgan fingerprint density at radius 2 is 2.00 bits per heavy atom. The van der Waals surface area contributed by atoms with Gasteiger partial charge >= 0.3 is 0 Å². The minimum Gasteiger partial charge on any atom is -0.372 e. The summed E-state index contributed by atoms with van der Waals surface area (Å²) in [5, 5.41) is 11.7. The van der Waals surface area contributed by atoms with Crippen molar-refractivity contribution in [2.45, 2.75) is 26.5 Å². The van der Waals surface area contributed by atoms with Crippen molar-refractivity contribution in [1.29, 1.82) is 0 Å². The molecule has 0 heterocycles. The van der Waals surface area contributed by atoms with Crippen LogP contribution in [0.5, 0.6) is 0 Å². The highest BCUT2D eigenvalue weighted by Gasteiger charge is 2.09. The van der Waals surface area contributed by atoms with Crippen LogP contribution < -0.4 is 5.32 Å². The van der Waals surface area contributed by atoms with Gasteiger partial charge in [0.1, 0.15) is 5.72 Å². The van der Waals surface area contributed by atoms with Gasteiger partial charge in [0.25, 0.3) is 0 Å². The molecule has 0 aromatic rings. The van der Waals surface area contributed by atoms with E-state index in [0.29, 0.717) is 4.99 Å². The smallest absolute Gasteiger partial charge is 0.130 e. The van der Waals surface area contributed by atoms with Gasteiger partial charge in [0.05, 0.1) is 4.99 Å². The number of nitrogens with one attached hydrogen (secondary N) is 1. The molecular weight excluding hydrogens is 122 g/mol. The molecule has 0 spiro atoms. The maximum absolute atomic E-state index is 8.99. The average Bonchev–Trinajstić information content (AvgIpc) is 1.21. The lowest BCUT2D eigenvalue weighted by molar-refractivity contribution is 0.0655. The van der Waals surface area contributed by atoms with Crippen LogP contribution in [0, 0.1) is 0 Å². The lowest BCUT2D eigenvalue weighted by atomic mass is 10.3. The Labute approximate surface area is 54.9 Å². The van der Waals surface area contributed by atoms with Crippen LogP contribution in [0.4, 0.5) is 0 Å². The topological polar surface area (TPSA) is 32.3 Å². The largest absolute Gasteiger partial charge is 0.372 e. The molecule has 0 saturated heterocycles. The maximum atomic E-state index is 8.99. The zero-order chi connectivity index (χ0) is 6.78. The lowest BCUT2D eigenvalue weighted by Crippen LogP contribution is -2.40. The van der Waals surface area contributed by atoms with Gasteiger partial charge in [-0.15, -0.1) is 0 Å². The summed E-state index contributed by atoms with van der Waals surface area (Å²) in [6.45, 7) is 5.01. The van der Waals surface area contributed by atoms with Crippen molar-refractivity contribution in [3.05, 3.63) is 0 Å². The summed E-state index contributed by atoms with van der Waals surface area (Å²) in [5.41, 5.74) is -0.869. The molecule has 0 aliphatic carbocycles. The first kappa shape index (κ1) is 7.85. The lowest BCUT2D eigenvalue weighted by Gasteiger charge is -2.18. The maximum Gasteiger partial charge on any atom is 0.130 e. The van der Waals surface area contributed by atoms with Crippen LogP contribution in [0.25, 0.3) is 0 Å². The van der Waals surface area contributed by atoms with Gasteiger partial charge in [-0.3, -0.25) is 0 Å². The van der Waals surface area contributed by atoms with Crippen LogP contribution in [-0.4, -0.2) is 15.8 Å². The van der Waals surface area contributed by atoms with E-state index in [1.165, 1.54) is 0 Å². The molecule has 0 aromatic carbocycles. The zero-order valence-electron chi connectivity index (χ0n) is 5.36. The fourth-order valence-electron chi connectivity index (χ4n) is 0.431. The fourth-order valence-corrected chi connectivity index (χ4v) is 0.681. The molecule has 0 atom stereocenters. The normalized spacial score (nSPS) is 11.0. The quantitative estimate of drug-likeness (QED) is 0.407. The Morgan fingerprint density at radius 3 is 2.00 bits per heavy atom. The second-order valence-corrected chi connectivity index (χ2v) is 2.85. The summed E-state index contributed by atoms with van der Waals surface area (Å²) >= 11 is 4.67. The SMILES string of the molecule is CC(=S)NC(C)(C)O. The molecule has 0 fully saturated rings. The van der Waals surface area contributed by atoms with E-state index in [0.717, 1.165) is 0 Å². The Balaban J connectivity index is 3.55. The average molecular weight is 133 g/mol. The Morgan fingerprint density at radius 1 is 1.62 bits per heavy atom. The number of hydrogen-bond donors (Lipinski definition) is 2. The number of thiocarbonyl (C=S) groups is 1. The van der Waals surface area contributed by atoms with Gasteiger partial charge in [0, 0.05) is 0 Å². The number of aliphatic hydroxyl groups is 1. The molecule has 0 aliphatic rings. The molecule has 0 unspecified atom stereocenters. The van der Waals surface area contributed by atoms with Crippen molar-refractivity contribution in [3.8, 4) is 0 Å². The van der Waals surface area contributed by atoms with Crippen molar-refractivity contribution in [3.63, 3.8) is 0 Å². The molecule has 2 nitrogen and oxygen atoms in total. The van der Waals surface area contributed by atoms with E-state index in [1.54, 1.807) is 20.8 Å². The molecule has 0 saturated carbocycles. The van der Waals surface area contributed by atoms with Gasteiger partial charge in [0.2, 0.25) is 0 Å². The highest BCUT2D eigenvalue weighted by Crippen LogP contribution is 1.92. The van der Waals surface area contributed by atoms with E-state index in [-0.39, 0.29) is 0 Å². The van der Waals surface area contributed by atoms with E-state index in [4.69, 9.17) is 5.11 Å². The molecule has 0 bridgehead atoms. The monoisotopic (exact) mass is 133 g/mol. The van der Waals surface area contributed by atoms with E-state index in [2.05, 4.69) is 17.5 Å². The van der Waals surface area contributed by atoms with Gasteiger partial charge in [-0.25, -0.2) is 0 Å². The van der Waals surface area contributed by atoms with E-state index < -0.39 is 5.72 Å². The summed E-state index contributed by atoms with van der Waals surface area (Å²) in [5.74, 6) is 0. The second kappa shape index (κ2) is 2.42. The Bertz CT molecular complexity index is 95.1. The van der Waals surface area contributed by atoms with Gasteiger partial charge in [-0.05, 0) is 20.8 Å². The van der Waals surface area contributed by atoms with Gasteiger partial charge in [-0.1, -0.05) is 12.2 Å². The van der Waals surface area contributed by atoms with Gasteiger partial charge in [-0.2, -0.15) is 0 Å². The first-order valence-electron chi connectivity index (χ1n) is 2.43. The van der Waals surface area contributed by atoms with E-state index in [1.807, 2.05) is 0 Å². The predicted molar refractivity (Wildman–Crippen MR) is 37.7 cm³/mol. The molecule has 0 aliphatic heterocycles. The van der Waals surface area contributed by atoms with Crippen LogP contribution in [0.1, 0.15) is 20.8 Å². The first-order chi connectivity index (χ1) is 3.42. The Kier molecular flexibility index (Phi) is 2.37.